The summed E-state index contributed by atoms with van der Waals surface area (Å²) in [4.78, 5) is 0. The van der Waals surface area contributed by atoms with Crippen molar-refractivity contribution in [3.8, 4) is 0 Å². The molecule has 6 nitrogen and oxygen atoms in total. The van der Waals surface area contributed by atoms with Gasteiger partial charge < -0.3 is 28.4 Å². The first-order valence-electron chi connectivity index (χ1n) is 15.9. The van der Waals surface area contributed by atoms with Gasteiger partial charge in [0.2, 0.25) is 0 Å². The third-order valence-corrected chi connectivity index (χ3v) is 12.0. The second-order valence-electron chi connectivity index (χ2n) is 10.0. The maximum atomic E-state index is 5.98. The molecule has 2 unspecified atom stereocenters. The molecular weight excluding hydrogens is 566 g/mol. The molecule has 0 saturated heterocycles. The Kier molecular flexibility index (Phi) is 24.5. The molecule has 8 heteroatoms. The molecule has 0 heterocycles. The highest BCUT2D eigenvalue weighted by molar-refractivity contribution is 7.69. The van der Waals surface area contributed by atoms with Gasteiger partial charge in [0.25, 0.3) is 0 Å². The van der Waals surface area contributed by atoms with Gasteiger partial charge in [0.15, 0.2) is 0 Å². The fourth-order valence-corrected chi connectivity index (χ4v) is 9.48. The smallest absolute Gasteiger partial charge is 0.0701 e. The Balaban J connectivity index is 1.72. The Labute approximate surface area is 258 Å². The van der Waals surface area contributed by atoms with E-state index in [4.69, 9.17) is 28.4 Å². The van der Waals surface area contributed by atoms with Crippen LogP contribution in [0.25, 0.3) is 0 Å². The normalized spacial score (nSPS) is 12.9. The highest BCUT2D eigenvalue weighted by Gasteiger charge is 2.16. The van der Waals surface area contributed by atoms with Crippen molar-refractivity contribution in [1.29, 1.82) is 0 Å². The first kappa shape index (κ1) is 37.2. The number of benzene rings is 2. The van der Waals surface area contributed by atoms with Crippen LogP contribution in [0.2, 0.25) is 0 Å². The molecule has 2 rings (SSSR count). The zero-order valence-corrected chi connectivity index (χ0v) is 28.0. The molecule has 0 radical (unpaired) electrons. The summed E-state index contributed by atoms with van der Waals surface area (Å²) in [6.07, 6.45) is 9.11. The van der Waals surface area contributed by atoms with Crippen LogP contribution >= 0.6 is 15.8 Å². The summed E-state index contributed by atoms with van der Waals surface area (Å²) in [5, 5.41) is 2.93. The SMILES string of the molecule is CCCCOCCOCCOCCP(CCP(CCOCCOCCOCCCC)c1ccccc1)c1ccccc1. The largest absolute Gasteiger partial charge is 0.379 e. The topological polar surface area (TPSA) is 55.4 Å². The standard InChI is InChI=1S/C34H56O6P2/c1-3-5-17-35-19-21-37-23-25-39-27-29-41(33-13-9-7-10-14-33)31-32-42(34-15-11-8-12-16-34)30-28-40-26-24-38-22-20-36-18-6-4-2/h7-16H,3-6,17-32H2,1-2H3. The Morgan fingerprint density at radius 2 is 0.690 bits per heavy atom. The Morgan fingerprint density at radius 1 is 0.381 bits per heavy atom. The molecule has 0 aliphatic carbocycles. The van der Waals surface area contributed by atoms with Gasteiger partial charge in [0.05, 0.1) is 66.1 Å². The molecule has 0 aliphatic rings. The number of hydrogen-bond donors (Lipinski definition) is 0. The lowest BCUT2D eigenvalue weighted by molar-refractivity contribution is 0.0168. The van der Waals surface area contributed by atoms with Crippen molar-refractivity contribution in [2.45, 2.75) is 39.5 Å². The first-order valence-corrected chi connectivity index (χ1v) is 19.3. The van der Waals surface area contributed by atoms with E-state index in [9.17, 15) is 0 Å². The lowest BCUT2D eigenvalue weighted by atomic mass is 10.4. The summed E-state index contributed by atoms with van der Waals surface area (Å²) in [6, 6.07) is 22.0. The van der Waals surface area contributed by atoms with E-state index in [1.165, 1.54) is 22.9 Å². The van der Waals surface area contributed by atoms with Crippen molar-refractivity contribution >= 4 is 26.5 Å². The van der Waals surface area contributed by atoms with E-state index >= 15 is 0 Å². The second-order valence-corrected chi connectivity index (χ2v) is 15.0. The molecular formula is C34H56O6P2. The first-order chi connectivity index (χ1) is 20.8. The van der Waals surface area contributed by atoms with Gasteiger partial charge in [-0.1, -0.05) is 103 Å². The minimum Gasteiger partial charge on any atom is -0.379 e. The molecule has 42 heavy (non-hydrogen) atoms. The van der Waals surface area contributed by atoms with Crippen molar-refractivity contribution in [2.75, 3.05) is 104 Å². The lowest BCUT2D eigenvalue weighted by Crippen LogP contribution is -2.17. The van der Waals surface area contributed by atoms with E-state index in [0.717, 1.165) is 64.4 Å². The zero-order valence-electron chi connectivity index (χ0n) is 26.3. The fraction of sp³-hybridized carbons (Fsp3) is 0.647. The maximum absolute atomic E-state index is 5.98. The van der Waals surface area contributed by atoms with Gasteiger partial charge in [-0.05, 0) is 48.1 Å². The van der Waals surface area contributed by atoms with Crippen molar-refractivity contribution in [3.63, 3.8) is 0 Å². The highest BCUT2D eigenvalue weighted by atomic mass is 31.1. The summed E-state index contributed by atoms with van der Waals surface area (Å²) in [7, 11) is -0.584. The maximum Gasteiger partial charge on any atom is 0.0701 e. The van der Waals surface area contributed by atoms with Crippen LogP contribution in [0.5, 0.6) is 0 Å². The summed E-state index contributed by atoms with van der Waals surface area (Å²) in [5.74, 6) is 0. The molecule has 0 fully saturated rings. The van der Waals surface area contributed by atoms with Gasteiger partial charge in [-0.3, -0.25) is 0 Å². The summed E-state index contributed by atoms with van der Waals surface area (Å²) in [5.41, 5.74) is 0. The molecule has 0 saturated carbocycles. The predicted molar refractivity (Wildman–Crippen MR) is 180 cm³/mol. The Morgan fingerprint density at radius 3 is 1.02 bits per heavy atom. The van der Waals surface area contributed by atoms with Gasteiger partial charge in [0.1, 0.15) is 0 Å². The summed E-state index contributed by atoms with van der Waals surface area (Å²) >= 11 is 0. The van der Waals surface area contributed by atoms with E-state index in [-0.39, 0.29) is 15.8 Å². The molecule has 0 aromatic heterocycles. The number of unbranched alkanes of at least 4 members (excludes halogenated alkanes) is 2. The second kappa shape index (κ2) is 27.6. The molecule has 238 valence electrons. The van der Waals surface area contributed by atoms with Crippen LogP contribution in [0.15, 0.2) is 60.7 Å². The molecule has 2 atom stereocenters. The highest BCUT2D eigenvalue weighted by Crippen LogP contribution is 2.41. The van der Waals surface area contributed by atoms with E-state index in [1.54, 1.807) is 0 Å². The predicted octanol–water partition coefficient (Wildman–Crippen LogP) is 6.30. The molecule has 2 aromatic carbocycles. The third kappa shape index (κ3) is 19.4. The molecule has 2 aromatic rings. The summed E-state index contributed by atoms with van der Waals surface area (Å²) in [6.45, 7) is 12.6. The van der Waals surface area contributed by atoms with Crippen LogP contribution in [0.4, 0.5) is 0 Å². The van der Waals surface area contributed by atoms with E-state index < -0.39 is 0 Å². The van der Waals surface area contributed by atoms with E-state index in [1.807, 2.05) is 0 Å². The van der Waals surface area contributed by atoms with Crippen molar-refractivity contribution < 1.29 is 28.4 Å². The molecule has 0 spiro atoms. The minimum atomic E-state index is -0.292. The molecule has 0 bridgehead atoms. The Bertz CT molecular complexity index is 760. The van der Waals surface area contributed by atoms with Gasteiger partial charge in [-0.25, -0.2) is 0 Å². The molecule has 0 N–H and O–H groups in total. The van der Waals surface area contributed by atoms with Crippen LogP contribution in [0.3, 0.4) is 0 Å². The molecule has 0 amide bonds. The monoisotopic (exact) mass is 622 g/mol. The fourth-order valence-electron chi connectivity index (χ4n) is 4.19. The lowest BCUT2D eigenvalue weighted by Gasteiger charge is -2.23. The van der Waals surface area contributed by atoms with Gasteiger partial charge in [0, 0.05) is 13.2 Å². The minimum absolute atomic E-state index is 0.292. The van der Waals surface area contributed by atoms with Crippen molar-refractivity contribution in [1.82, 2.24) is 0 Å². The Hall–Kier alpha value is -0.940. The average Bonchev–Trinajstić information content (AvgIpc) is 3.03. The van der Waals surface area contributed by atoms with E-state index in [0.29, 0.717) is 52.9 Å². The average molecular weight is 623 g/mol. The van der Waals surface area contributed by atoms with Gasteiger partial charge in [-0.15, -0.1) is 0 Å². The van der Waals surface area contributed by atoms with Gasteiger partial charge in [-0.2, -0.15) is 0 Å². The molecule has 0 aliphatic heterocycles. The van der Waals surface area contributed by atoms with Crippen LogP contribution < -0.4 is 10.6 Å². The number of rotatable bonds is 29. The third-order valence-electron chi connectivity index (χ3n) is 6.67. The quantitative estimate of drug-likeness (QED) is 0.0784. The number of hydrogen-bond acceptors (Lipinski definition) is 6. The van der Waals surface area contributed by atoms with Crippen LogP contribution in [-0.2, 0) is 28.4 Å². The summed E-state index contributed by atoms with van der Waals surface area (Å²) < 4.78 is 34.4. The van der Waals surface area contributed by atoms with Gasteiger partial charge >= 0.3 is 0 Å². The van der Waals surface area contributed by atoms with Crippen LogP contribution in [0, 0.1) is 0 Å². The van der Waals surface area contributed by atoms with Crippen LogP contribution in [0.1, 0.15) is 39.5 Å². The van der Waals surface area contributed by atoms with Crippen molar-refractivity contribution in [3.05, 3.63) is 60.7 Å². The van der Waals surface area contributed by atoms with Crippen LogP contribution in [-0.4, -0.2) is 104 Å². The van der Waals surface area contributed by atoms with Crippen molar-refractivity contribution in [2.24, 2.45) is 0 Å². The number of ether oxygens (including phenoxy) is 6. The van der Waals surface area contributed by atoms with E-state index in [2.05, 4.69) is 74.5 Å². The zero-order chi connectivity index (χ0) is 29.8.